The van der Waals surface area contributed by atoms with Crippen LogP contribution in [0.25, 0.3) is 11.3 Å². The summed E-state index contributed by atoms with van der Waals surface area (Å²) in [4.78, 5) is 28.5. The number of benzene rings is 3. The number of fused-ring (bicyclic) bond motifs is 3. The molecule has 2 aliphatic heterocycles. The molecule has 1 aromatic heterocycles. The Hall–Kier alpha value is -4.28. The summed E-state index contributed by atoms with van der Waals surface area (Å²) in [5.41, 5.74) is 2.91. The van der Waals surface area contributed by atoms with Crippen LogP contribution in [0.2, 0.25) is 5.02 Å². The fraction of sp³-hybridized carbons (Fsp3) is 0.250. The SMILES string of the molecule is C.CNC1CCN(C(=O)c2ccc(Nc3ncc4c(n3)-c3ccc(Cl)cc3C(c3ccccc3C(F)(F)F)=NC4)cc2)C1. The van der Waals surface area contributed by atoms with Gasteiger partial charge in [0.05, 0.1) is 23.5 Å². The van der Waals surface area contributed by atoms with Crippen molar-refractivity contribution in [1.29, 1.82) is 0 Å². The number of aromatic nitrogens is 2. The van der Waals surface area contributed by atoms with Crippen molar-refractivity contribution in [1.82, 2.24) is 20.2 Å². The topological polar surface area (TPSA) is 82.5 Å². The lowest BCUT2D eigenvalue weighted by atomic mass is 9.92. The van der Waals surface area contributed by atoms with Crippen LogP contribution in [-0.2, 0) is 12.7 Å². The summed E-state index contributed by atoms with van der Waals surface area (Å²) < 4.78 is 41.8. The number of carbonyl (C=O) groups excluding carboxylic acids is 1. The van der Waals surface area contributed by atoms with Crippen LogP contribution in [0.3, 0.4) is 0 Å². The largest absolute Gasteiger partial charge is 0.417 e. The van der Waals surface area contributed by atoms with E-state index in [1.54, 1.807) is 54.7 Å². The normalized spacial score (nSPS) is 16.0. The Labute approximate surface area is 252 Å². The van der Waals surface area contributed by atoms with Gasteiger partial charge in [-0.15, -0.1) is 0 Å². The predicted octanol–water partition coefficient (Wildman–Crippen LogP) is 6.98. The zero-order valence-electron chi connectivity index (χ0n) is 22.5. The second kappa shape index (κ2) is 12.1. The highest BCUT2D eigenvalue weighted by molar-refractivity contribution is 6.31. The number of hydrogen-bond acceptors (Lipinski definition) is 6. The quantitative estimate of drug-likeness (QED) is 0.256. The molecule has 3 aromatic carbocycles. The van der Waals surface area contributed by atoms with Gasteiger partial charge in [0.1, 0.15) is 0 Å². The minimum Gasteiger partial charge on any atom is -0.337 e. The first-order valence-corrected chi connectivity index (χ1v) is 13.8. The van der Waals surface area contributed by atoms with E-state index in [-0.39, 0.29) is 31.2 Å². The van der Waals surface area contributed by atoms with Gasteiger partial charge in [-0.1, -0.05) is 43.3 Å². The number of halogens is 4. The number of hydrogen-bond donors (Lipinski definition) is 2. The number of alkyl halides is 3. The Bertz CT molecular complexity index is 1690. The van der Waals surface area contributed by atoms with Crippen molar-refractivity contribution >= 4 is 34.9 Å². The van der Waals surface area contributed by atoms with Gasteiger partial charge in [0.25, 0.3) is 5.91 Å². The van der Waals surface area contributed by atoms with E-state index in [1.165, 1.54) is 12.1 Å². The molecule has 4 aromatic rings. The van der Waals surface area contributed by atoms with E-state index in [1.807, 2.05) is 11.9 Å². The van der Waals surface area contributed by atoms with Crippen LogP contribution >= 0.6 is 11.6 Å². The van der Waals surface area contributed by atoms with Crippen LogP contribution in [0.4, 0.5) is 24.8 Å². The van der Waals surface area contributed by atoms with Gasteiger partial charge in [-0.2, -0.15) is 13.2 Å². The molecule has 1 amide bonds. The van der Waals surface area contributed by atoms with Crippen molar-refractivity contribution in [2.24, 2.45) is 4.99 Å². The van der Waals surface area contributed by atoms with Crippen molar-refractivity contribution < 1.29 is 18.0 Å². The molecule has 222 valence electrons. The molecule has 3 heterocycles. The molecule has 2 aliphatic rings. The van der Waals surface area contributed by atoms with E-state index >= 15 is 0 Å². The van der Waals surface area contributed by atoms with Gasteiger partial charge in [-0.25, -0.2) is 9.97 Å². The molecule has 1 atom stereocenters. The Morgan fingerprint density at radius 1 is 1.02 bits per heavy atom. The summed E-state index contributed by atoms with van der Waals surface area (Å²) in [6.45, 7) is 1.48. The van der Waals surface area contributed by atoms with Crippen molar-refractivity contribution in [3.63, 3.8) is 0 Å². The molecule has 0 saturated carbocycles. The number of nitrogens with zero attached hydrogens (tertiary/aromatic N) is 4. The Morgan fingerprint density at radius 2 is 1.79 bits per heavy atom. The monoisotopic (exact) mass is 606 g/mol. The number of anilines is 2. The lowest BCUT2D eigenvalue weighted by Crippen LogP contribution is -2.33. The third kappa shape index (κ3) is 6.11. The average Bonchev–Trinajstić information content (AvgIpc) is 3.41. The molecule has 0 aliphatic carbocycles. The lowest BCUT2D eigenvalue weighted by Gasteiger charge is -2.17. The second-order valence-corrected chi connectivity index (χ2v) is 10.6. The molecular formula is C32H30ClF3N6O. The summed E-state index contributed by atoms with van der Waals surface area (Å²) in [6, 6.07) is 17.8. The Balaban J connectivity index is 0.00000368. The first-order chi connectivity index (χ1) is 20.2. The molecule has 1 fully saturated rings. The van der Waals surface area contributed by atoms with Gasteiger partial charge in [0.2, 0.25) is 5.95 Å². The second-order valence-electron chi connectivity index (χ2n) is 10.2. The minimum atomic E-state index is -4.56. The third-order valence-electron chi connectivity index (χ3n) is 7.52. The van der Waals surface area contributed by atoms with Gasteiger partial charge < -0.3 is 15.5 Å². The van der Waals surface area contributed by atoms with Crippen LogP contribution in [0, 0.1) is 0 Å². The number of amides is 1. The molecular weight excluding hydrogens is 577 g/mol. The summed E-state index contributed by atoms with van der Waals surface area (Å²) >= 11 is 6.32. The molecule has 1 unspecified atom stereocenters. The maximum Gasteiger partial charge on any atom is 0.417 e. The van der Waals surface area contributed by atoms with Crippen molar-refractivity contribution in [3.05, 3.63) is 106 Å². The maximum atomic E-state index is 13.9. The van der Waals surface area contributed by atoms with E-state index in [4.69, 9.17) is 16.6 Å². The van der Waals surface area contributed by atoms with Crippen LogP contribution in [0.5, 0.6) is 0 Å². The highest BCUT2D eigenvalue weighted by Gasteiger charge is 2.35. The summed E-state index contributed by atoms with van der Waals surface area (Å²) in [5, 5.41) is 6.75. The summed E-state index contributed by atoms with van der Waals surface area (Å²) in [5.74, 6) is 0.281. The number of carbonyl (C=O) groups is 1. The van der Waals surface area contributed by atoms with Gasteiger partial charge in [0.15, 0.2) is 0 Å². The van der Waals surface area contributed by atoms with E-state index in [2.05, 4.69) is 20.6 Å². The maximum absolute atomic E-state index is 13.9. The van der Waals surface area contributed by atoms with Crippen molar-refractivity contribution in [3.8, 4) is 11.3 Å². The van der Waals surface area contributed by atoms with Gasteiger partial charge >= 0.3 is 6.18 Å². The molecule has 0 spiro atoms. The van der Waals surface area contributed by atoms with E-state index in [9.17, 15) is 18.0 Å². The summed E-state index contributed by atoms with van der Waals surface area (Å²) in [7, 11) is 1.90. The molecule has 7 nitrogen and oxygen atoms in total. The molecule has 2 N–H and O–H groups in total. The predicted molar refractivity (Wildman–Crippen MR) is 163 cm³/mol. The molecule has 1 saturated heterocycles. The van der Waals surface area contributed by atoms with Gasteiger partial charge in [0, 0.05) is 63.9 Å². The zero-order valence-corrected chi connectivity index (χ0v) is 23.3. The number of rotatable bonds is 5. The fourth-order valence-electron chi connectivity index (χ4n) is 5.34. The van der Waals surface area contributed by atoms with Crippen molar-refractivity contribution in [2.45, 2.75) is 32.6 Å². The van der Waals surface area contributed by atoms with E-state index < -0.39 is 11.7 Å². The van der Waals surface area contributed by atoms with Crippen molar-refractivity contribution in [2.75, 3.05) is 25.5 Å². The molecule has 0 bridgehead atoms. The van der Waals surface area contributed by atoms with E-state index in [0.29, 0.717) is 63.7 Å². The first kappa shape index (κ1) is 30.2. The smallest absolute Gasteiger partial charge is 0.337 e. The summed E-state index contributed by atoms with van der Waals surface area (Å²) in [6.07, 6.45) is -2.01. The van der Waals surface area contributed by atoms with E-state index in [0.717, 1.165) is 12.5 Å². The van der Waals surface area contributed by atoms with Crippen LogP contribution < -0.4 is 10.6 Å². The Morgan fingerprint density at radius 3 is 2.51 bits per heavy atom. The van der Waals surface area contributed by atoms with Crippen LogP contribution in [0.1, 0.15) is 46.5 Å². The average molecular weight is 607 g/mol. The molecule has 11 heteroatoms. The van der Waals surface area contributed by atoms with Gasteiger partial charge in [-0.05, 0) is 55.9 Å². The van der Waals surface area contributed by atoms with Crippen LogP contribution in [-0.4, -0.2) is 52.7 Å². The molecule has 0 radical (unpaired) electrons. The first-order valence-electron chi connectivity index (χ1n) is 13.4. The minimum absolute atomic E-state index is 0. The standard InChI is InChI=1S/C31H26ClF3N6O.CH4/c1-36-22-12-13-41(17-22)29(42)18-6-9-21(10-7-18)39-30-38-16-19-15-37-28(24-4-2-3-5-26(24)31(33,34)35)25-14-20(32)8-11-23(25)27(19)40-30;/h2-11,14,16,22,36H,12-13,15,17H2,1H3,(H,38,39,40);1H4. The van der Waals surface area contributed by atoms with Gasteiger partial charge in [-0.3, -0.25) is 9.79 Å². The molecule has 6 rings (SSSR count). The number of aliphatic imine (C=N–C) groups is 1. The fourth-order valence-corrected chi connectivity index (χ4v) is 5.51. The number of likely N-dealkylation sites (N-methyl/N-ethyl adjacent to an activating group) is 1. The molecule has 43 heavy (non-hydrogen) atoms. The number of nitrogens with one attached hydrogen (secondary N) is 2. The van der Waals surface area contributed by atoms with Crippen LogP contribution in [0.15, 0.2) is 77.9 Å². The Kier molecular flexibility index (Phi) is 8.52. The number of likely N-dealkylation sites (tertiary alicyclic amines) is 1. The third-order valence-corrected chi connectivity index (χ3v) is 7.76. The lowest BCUT2D eigenvalue weighted by molar-refractivity contribution is -0.137. The highest BCUT2D eigenvalue weighted by atomic mass is 35.5. The highest BCUT2D eigenvalue weighted by Crippen LogP contribution is 2.38. The zero-order chi connectivity index (χ0) is 29.4.